The van der Waals surface area contributed by atoms with Crippen LogP contribution in [0, 0.1) is 4.64 Å². The molecule has 0 unspecified atom stereocenters. The molecule has 0 saturated carbocycles. The van der Waals surface area contributed by atoms with Crippen molar-refractivity contribution in [3.8, 4) is 0 Å². The van der Waals surface area contributed by atoms with Crippen LogP contribution in [-0.2, 0) is 19.3 Å². The van der Waals surface area contributed by atoms with Crippen molar-refractivity contribution in [1.29, 1.82) is 0 Å². The van der Waals surface area contributed by atoms with Crippen molar-refractivity contribution in [1.82, 2.24) is 4.98 Å². The number of rotatable bonds is 2. The molecule has 0 spiro atoms. The van der Waals surface area contributed by atoms with Gasteiger partial charge in [0.1, 0.15) is 4.64 Å². The molecule has 0 aromatic carbocycles. The number of fused-ring (bicyclic) bond motifs is 1. The highest BCUT2D eigenvalue weighted by atomic mass is 32.1. The lowest BCUT2D eigenvalue weighted by Gasteiger charge is -2.17. The first-order valence-electron chi connectivity index (χ1n) is 6.55. The Morgan fingerprint density at radius 2 is 1.94 bits per heavy atom. The summed E-state index contributed by atoms with van der Waals surface area (Å²) >= 11 is 5.32. The number of hydrogen-bond acceptors (Lipinski definition) is 1. The van der Waals surface area contributed by atoms with Crippen LogP contribution >= 0.6 is 12.2 Å². The van der Waals surface area contributed by atoms with E-state index in [2.05, 4.69) is 18.0 Å². The SMILES string of the molecule is CCCc1[nH]c(=S)cc2c1CCCCCC2. The number of H-pyrrole nitrogens is 1. The van der Waals surface area contributed by atoms with E-state index in [0.717, 1.165) is 11.1 Å². The molecule has 1 aromatic rings. The predicted molar refractivity (Wildman–Crippen MR) is 71.5 cm³/mol. The summed E-state index contributed by atoms with van der Waals surface area (Å²) in [6.07, 6.45) is 10.3. The molecule has 1 nitrogen and oxygen atoms in total. The molecule has 1 N–H and O–H groups in total. The third-order valence-corrected chi connectivity index (χ3v) is 3.67. The van der Waals surface area contributed by atoms with E-state index >= 15 is 0 Å². The highest BCUT2D eigenvalue weighted by molar-refractivity contribution is 7.71. The Hall–Kier alpha value is -0.630. The maximum Gasteiger partial charge on any atom is 0.103 e. The zero-order valence-corrected chi connectivity index (χ0v) is 11.0. The van der Waals surface area contributed by atoms with Crippen LogP contribution in [0.4, 0.5) is 0 Å². The normalized spacial score (nSPS) is 16.3. The van der Waals surface area contributed by atoms with Gasteiger partial charge in [0.05, 0.1) is 0 Å². The van der Waals surface area contributed by atoms with Gasteiger partial charge in [-0.1, -0.05) is 38.4 Å². The fourth-order valence-electron chi connectivity index (χ4n) is 2.67. The van der Waals surface area contributed by atoms with Gasteiger partial charge in [-0.05, 0) is 49.3 Å². The van der Waals surface area contributed by atoms with E-state index < -0.39 is 0 Å². The van der Waals surface area contributed by atoms with E-state index in [-0.39, 0.29) is 0 Å². The van der Waals surface area contributed by atoms with Gasteiger partial charge in [-0.3, -0.25) is 0 Å². The van der Waals surface area contributed by atoms with Crippen molar-refractivity contribution in [2.75, 3.05) is 0 Å². The summed E-state index contributed by atoms with van der Waals surface area (Å²) in [5.41, 5.74) is 4.51. The molecule has 0 atom stereocenters. The Kier molecular flexibility index (Phi) is 4.16. The summed E-state index contributed by atoms with van der Waals surface area (Å²) in [6.45, 7) is 2.24. The first-order valence-corrected chi connectivity index (χ1v) is 6.96. The number of aromatic amines is 1. The van der Waals surface area contributed by atoms with Crippen LogP contribution in [0.25, 0.3) is 0 Å². The van der Waals surface area contributed by atoms with E-state index in [9.17, 15) is 0 Å². The Balaban J connectivity index is 2.40. The fraction of sp³-hybridized carbons (Fsp3) is 0.643. The van der Waals surface area contributed by atoms with Crippen LogP contribution in [0.3, 0.4) is 0 Å². The van der Waals surface area contributed by atoms with Crippen LogP contribution in [-0.4, -0.2) is 4.98 Å². The van der Waals surface area contributed by atoms with E-state index in [4.69, 9.17) is 12.2 Å². The van der Waals surface area contributed by atoms with Crippen molar-refractivity contribution in [2.24, 2.45) is 0 Å². The van der Waals surface area contributed by atoms with Gasteiger partial charge in [0, 0.05) is 5.69 Å². The van der Waals surface area contributed by atoms with E-state index in [1.165, 1.54) is 56.2 Å². The Morgan fingerprint density at radius 1 is 1.19 bits per heavy atom. The van der Waals surface area contributed by atoms with Gasteiger partial charge in [-0.25, -0.2) is 0 Å². The lowest BCUT2D eigenvalue weighted by molar-refractivity contribution is 0.610. The largest absolute Gasteiger partial charge is 0.350 e. The molecule has 1 aliphatic carbocycles. The van der Waals surface area contributed by atoms with E-state index in [1.807, 2.05) is 0 Å². The topological polar surface area (TPSA) is 15.8 Å². The first-order chi connectivity index (χ1) is 7.81. The zero-order valence-electron chi connectivity index (χ0n) is 10.1. The smallest absolute Gasteiger partial charge is 0.103 e. The lowest BCUT2D eigenvalue weighted by Crippen LogP contribution is -2.06. The van der Waals surface area contributed by atoms with Gasteiger partial charge in [-0.15, -0.1) is 0 Å². The second-order valence-corrected chi connectivity index (χ2v) is 5.22. The standard InChI is InChI=1S/C14H21NS/c1-2-7-13-12-9-6-4-3-5-8-11(12)10-14(16)15-13/h10H,2-9H2,1H3,(H,15,16). The maximum atomic E-state index is 5.32. The molecule has 0 amide bonds. The average Bonchev–Trinajstić information content (AvgIpc) is 2.21. The predicted octanol–water partition coefficient (Wildman–Crippen LogP) is 4.36. The highest BCUT2D eigenvalue weighted by Crippen LogP contribution is 2.23. The van der Waals surface area contributed by atoms with Crippen molar-refractivity contribution in [2.45, 2.75) is 58.3 Å². The van der Waals surface area contributed by atoms with E-state index in [0.29, 0.717) is 0 Å². The van der Waals surface area contributed by atoms with Gasteiger partial charge in [0.2, 0.25) is 0 Å². The van der Waals surface area contributed by atoms with Crippen molar-refractivity contribution in [3.05, 3.63) is 27.5 Å². The lowest BCUT2D eigenvalue weighted by atomic mass is 9.91. The molecule has 2 rings (SSSR count). The molecule has 88 valence electrons. The number of aryl methyl sites for hydroxylation is 2. The average molecular weight is 235 g/mol. The second-order valence-electron chi connectivity index (χ2n) is 4.78. The number of hydrogen-bond donors (Lipinski definition) is 1. The molecular formula is C14H21NS. The third-order valence-electron chi connectivity index (χ3n) is 3.45. The molecule has 1 heterocycles. The van der Waals surface area contributed by atoms with Crippen molar-refractivity contribution < 1.29 is 0 Å². The molecule has 0 radical (unpaired) electrons. The van der Waals surface area contributed by atoms with Gasteiger partial charge in [0.25, 0.3) is 0 Å². The summed E-state index contributed by atoms with van der Waals surface area (Å²) in [5.74, 6) is 0. The van der Waals surface area contributed by atoms with Crippen LogP contribution in [0.1, 0.15) is 55.8 Å². The third kappa shape index (κ3) is 2.73. The molecule has 1 aliphatic rings. The molecule has 0 bridgehead atoms. The monoisotopic (exact) mass is 235 g/mol. The van der Waals surface area contributed by atoms with Crippen LogP contribution in [0.5, 0.6) is 0 Å². The number of aromatic nitrogens is 1. The molecule has 2 heteroatoms. The summed E-state index contributed by atoms with van der Waals surface area (Å²) in [5, 5.41) is 0. The fourth-order valence-corrected chi connectivity index (χ4v) is 2.93. The van der Waals surface area contributed by atoms with Crippen LogP contribution < -0.4 is 0 Å². The van der Waals surface area contributed by atoms with Crippen molar-refractivity contribution in [3.63, 3.8) is 0 Å². The Labute approximate surface area is 103 Å². The highest BCUT2D eigenvalue weighted by Gasteiger charge is 2.11. The Bertz CT molecular complexity index is 385. The summed E-state index contributed by atoms with van der Waals surface area (Å²) in [7, 11) is 0. The number of nitrogens with one attached hydrogen (secondary N) is 1. The maximum absolute atomic E-state index is 5.32. The first kappa shape index (κ1) is 11.8. The van der Waals surface area contributed by atoms with Gasteiger partial charge < -0.3 is 4.98 Å². The molecule has 16 heavy (non-hydrogen) atoms. The van der Waals surface area contributed by atoms with Crippen molar-refractivity contribution >= 4 is 12.2 Å². The summed E-state index contributed by atoms with van der Waals surface area (Å²) in [6, 6.07) is 2.19. The van der Waals surface area contributed by atoms with Gasteiger partial charge in [0.15, 0.2) is 0 Å². The quantitative estimate of drug-likeness (QED) is 0.753. The molecule has 0 fully saturated rings. The second kappa shape index (κ2) is 5.62. The van der Waals surface area contributed by atoms with Crippen LogP contribution in [0.2, 0.25) is 0 Å². The minimum atomic E-state index is 0.919. The minimum absolute atomic E-state index is 0.919. The number of pyridine rings is 1. The van der Waals surface area contributed by atoms with E-state index in [1.54, 1.807) is 5.56 Å². The zero-order chi connectivity index (χ0) is 11.4. The molecule has 1 aromatic heterocycles. The molecular weight excluding hydrogens is 214 g/mol. The van der Waals surface area contributed by atoms with Gasteiger partial charge >= 0.3 is 0 Å². The van der Waals surface area contributed by atoms with Crippen LogP contribution in [0.15, 0.2) is 6.07 Å². The summed E-state index contributed by atoms with van der Waals surface area (Å²) < 4.78 is 0.919. The Morgan fingerprint density at radius 3 is 2.69 bits per heavy atom. The minimum Gasteiger partial charge on any atom is -0.350 e. The molecule has 0 aliphatic heterocycles. The molecule has 0 saturated heterocycles. The van der Waals surface area contributed by atoms with Gasteiger partial charge in [-0.2, -0.15) is 0 Å². The summed E-state index contributed by atoms with van der Waals surface area (Å²) in [4.78, 5) is 3.40.